The summed E-state index contributed by atoms with van der Waals surface area (Å²) in [6.45, 7) is 3.69. The van der Waals surface area contributed by atoms with Crippen LogP contribution in [0.4, 0.5) is 23.9 Å². The lowest BCUT2D eigenvalue weighted by molar-refractivity contribution is -0.137. The van der Waals surface area contributed by atoms with Gasteiger partial charge in [0.15, 0.2) is 0 Å². The summed E-state index contributed by atoms with van der Waals surface area (Å²) in [4.78, 5) is 16.3. The zero-order valence-corrected chi connectivity index (χ0v) is 18.0. The van der Waals surface area contributed by atoms with Crippen molar-refractivity contribution in [2.45, 2.75) is 26.1 Å². The second-order valence-electron chi connectivity index (χ2n) is 6.71. The number of alkyl halides is 3. The molecule has 3 aromatic rings. The second kappa shape index (κ2) is 9.03. The van der Waals surface area contributed by atoms with Crippen LogP contribution < -0.4 is 21.3 Å². The Morgan fingerprint density at radius 3 is 2.52 bits per heavy atom. The molecule has 1 aromatic heterocycles. The van der Waals surface area contributed by atoms with Crippen molar-refractivity contribution >= 4 is 39.7 Å². The fourth-order valence-corrected chi connectivity index (χ4v) is 3.68. The Morgan fingerprint density at radius 1 is 1.23 bits per heavy atom. The average molecular weight is 471 g/mol. The standard InChI is InChI=1S/C20H18ClF3N4O2S/c1-10(2)26-17(25)15-18(29)28-31-19(15)27-11-6-8-12(9-7-11)30-14-5-3-4-13(16(14)21)20(22,23)24/h3-10,27H,1-2H3,(H2,25,26)(H,28,29). The molecule has 0 fully saturated rings. The van der Waals surface area contributed by atoms with Crippen LogP contribution in [-0.2, 0) is 6.18 Å². The molecule has 6 nitrogen and oxygen atoms in total. The van der Waals surface area contributed by atoms with E-state index >= 15 is 0 Å². The highest BCUT2D eigenvalue weighted by Gasteiger charge is 2.34. The van der Waals surface area contributed by atoms with Gasteiger partial charge in [0, 0.05) is 11.7 Å². The van der Waals surface area contributed by atoms with E-state index in [-0.39, 0.29) is 34.5 Å². The summed E-state index contributed by atoms with van der Waals surface area (Å²) in [5.74, 6) is 0.301. The smallest absolute Gasteiger partial charge is 0.417 e. The SMILES string of the molecule is CC(C)N=C(N)c1c(Nc2ccc(Oc3cccc(C(F)(F)F)c3Cl)cc2)s[nH]c1=O. The summed E-state index contributed by atoms with van der Waals surface area (Å²) in [7, 11) is 0. The van der Waals surface area contributed by atoms with E-state index in [4.69, 9.17) is 22.1 Å². The summed E-state index contributed by atoms with van der Waals surface area (Å²) in [6.07, 6.45) is -4.58. The van der Waals surface area contributed by atoms with E-state index in [2.05, 4.69) is 14.7 Å². The molecule has 0 radical (unpaired) electrons. The maximum absolute atomic E-state index is 13.0. The van der Waals surface area contributed by atoms with Crippen molar-refractivity contribution in [2.24, 2.45) is 10.7 Å². The van der Waals surface area contributed by atoms with E-state index in [1.807, 2.05) is 13.8 Å². The molecule has 0 saturated heterocycles. The number of hydrogen-bond donors (Lipinski definition) is 3. The molecule has 2 aromatic carbocycles. The number of H-pyrrole nitrogens is 1. The van der Waals surface area contributed by atoms with Crippen LogP contribution >= 0.6 is 23.1 Å². The average Bonchev–Trinajstić information content (AvgIpc) is 3.03. The van der Waals surface area contributed by atoms with Gasteiger partial charge in [0.05, 0.1) is 10.6 Å². The van der Waals surface area contributed by atoms with E-state index in [0.717, 1.165) is 17.6 Å². The fraction of sp³-hybridized carbons (Fsp3) is 0.200. The number of amidine groups is 1. The molecule has 11 heteroatoms. The minimum Gasteiger partial charge on any atom is -0.456 e. The van der Waals surface area contributed by atoms with Crippen LogP contribution in [0, 0.1) is 0 Å². The number of nitrogens with two attached hydrogens (primary N) is 1. The molecule has 0 unspecified atom stereocenters. The number of ether oxygens (including phenoxy) is 1. The predicted octanol–water partition coefficient (Wildman–Crippen LogP) is 5.76. The predicted molar refractivity (Wildman–Crippen MR) is 117 cm³/mol. The molecule has 0 amide bonds. The van der Waals surface area contributed by atoms with Crippen LogP contribution in [0.5, 0.6) is 11.5 Å². The third-order valence-electron chi connectivity index (χ3n) is 3.96. The molecule has 0 aliphatic carbocycles. The first-order valence-corrected chi connectivity index (χ1v) is 10.2. The Hall–Kier alpha value is -2.98. The van der Waals surface area contributed by atoms with Crippen LogP contribution in [0.15, 0.2) is 52.3 Å². The minimum atomic E-state index is -4.58. The van der Waals surface area contributed by atoms with Gasteiger partial charge >= 0.3 is 6.18 Å². The Morgan fingerprint density at radius 2 is 1.90 bits per heavy atom. The van der Waals surface area contributed by atoms with Gasteiger partial charge in [-0.2, -0.15) is 13.2 Å². The summed E-state index contributed by atoms with van der Waals surface area (Å²) in [6, 6.07) is 9.77. The van der Waals surface area contributed by atoms with E-state index in [9.17, 15) is 18.0 Å². The minimum absolute atomic E-state index is 0.0775. The molecule has 1 heterocycles. The van der Waals surface area contributed by atoms with Crippen molar-refractivity contribution in [3.8, 4) is 11.5 Å². The topological polar surface area (TPSA) is 92.5 Å². The monoisotopic (exact) mass is 470 g/mol. The lowest BCUT2D eigenvalue weighted by atomic mass is 10.2. The zero-order chi connectivity index (χ0) is 22.8. The Labute approximate surface area is 184 Å². The molecule has 3 rings (SSSR count). The van der Waals surface area contributed by atoms with Gasteiger partial charge in [-0.1, -0.05) is 17.7 Å². The third kappa shape index (κ3) is 5.39. The molecular formula is C20H18ClF3N4O2S. The second-order valence-corrected chi connectivity index (χ2v) is 7.91. The van der Waals surface area contributed by atoms with Crippen LogP contribution in [0.1, 0.15) is 25.0 Å². The summed E-state index contributed by atoms with van der Waals surface area (Å²) < 4.78 is 47.1. The number of rotatable bonds is 6. The number of aromatic amines is 1. The van der Waals surface area contributed by atoms with Crippen LogP contribution in [0.2, 0.25) is 5.02 Å². The van der Waals surface area contributed by atoms with Gasteiger partial charge < -0.3 is 15.8 Å². The first kappa shape index (κ1) is 22.7. The Balaban J connectivity index is 1.80. The molecule has 0 spiro atoms. The number of aliphatic imine (C=N–C) groups is 1. The van der Waals surface area contributed by atoms with Gasteiger partial charge in [-0.3, -0.25) is 14.2 Å². The Bertz CT molecular complexity index is 1150. The molecule has 0 aliphatic heterocycles. The molecule has 4 N–H and O–H groups in total. The number of nitrogens with zero attached hydrogens (tertiary/aromatic N) is 1. The summed E-state index contributed by atoms with van der Waals surface area (Å²) in [5.41, 5.74) is 5.47. The number of hydrogen-bond acceptors (Lipinski definition) is 5. The Kier molecular flexibility index (Phi) is 6.61. The first-order valence-electron chi connectivity index (χ1n) is 9.02. The maximum atomic E-state index is 13.0. The number of aromatic nitrogens is 1. The number of benzene rings is 2. The summed E-state index contributed by atoms with van der Waals surface area (Å²) in [5, 5.41) is 3.05. The van der Waals surface area contributed by atoms with Crippen LogP contribution in [0.25, 0.3) is 0 Å². The maximum Gasteiger partial charge on any atom is 0.417 e. The van der Waals surface area contributed by atoms with Gasteiger partial charge in [0.2, 0.25) is 0 Å². The quantitative estimate of drug-likeness (QED) is 0.315. The van der Waals surface area contributed by atoms with E-state index in [0.29, 0.717) is 10.7 Å². The van der Waals surface area contributed by atoms with Crippen molar-refractivity contribution in [2.75, 3.05) is 5.32 Å². The van der Waals surface area contributed by atoms with Gasteiger partial charge in [-0.15, -0.1) is 0 Å². The highest BCUT2D eigenvalue weighted by atomic mass is 35.5. The summed E-state index contributed by atoms with van der Waals surface area (Å²) >= 11 is 6.93. The van der Waals surface area contributed by atoms with Gasteiger partial charge in [0.1, 0.15) is 27.9 Å². The van der Waals surface area contributed by atoms with E-state index in [1.54, 1.807) is 24.3 Å². The highest BCUT2D eigenvalue weighted by Crippen LogP contribution is 2.40. The first-order chi connectivity index (χ1) is 14.6. The van der Waals surface area contributed by atoms with Crippen LogP contribution in [-0.4, -0.2) is 16.3 Å². The van der Waals surface area contributed by atoms with Crippen molar-refractivity contribution in [3.63, 3.8) is 0 Å². The van der Waals surface area contributed by atoms with Gasteiger partial charge in [-0.25, -0.2) is 0 Å². The normalized spacial score (nSPS) is 12.3. The number of anilines is 2. The molecule has 164 valence electrons. The molecule has 0 atom stereocenters. The van der Waals surface area contributed by atoms with Gasteiger partial charge in [-0.05, 0) is 61.8 Å². The molecule has 31 heavy (non-hydrogen) atoms. The van der Waals surface area contributed by atoms with Crippen LogP contribution in [0.3, 0.4) is 0 Å². The van der Waals surface area contributed by atoms with E-state index in [1.165, 1.54) is 12.1 Å². The lowest BCUT2D eigenvalue weighted by Gasteiger charge is -2.13. The fourth-order valence-electron chi connectivity index (χ4n) is 2.64. The molecular weight excluding hydrogens is 453 g/mol. The number of halogens is 4. The lowest BCUT2D eigenvalue weighted by Crippen LogP contribution is -2.23. The third-order valence-corrected chi connectivity index (χ3v) is 5.15. The van der Waals surface area contributed by atoms with Crippen molar-refractivity contribution in [1.82, 2.24) is 4.37 Å². The highest BCUT2D eigenvalue weighted by molar-refractivity contribution is 7.10. The van der Waals surface area contributed by atoms with Crippen molar-refractivity contribution < 1.29 is 17.9 Å². The van der Waals surface area contributed by atoms with E-state index < -0.39 is 16.8 Å². The molecule has 0 bridgehead atoms. The zero-order valence-electron chi connectivity index (χ0n) is 16.4. The van der Waals surface area contributed by atoms with Crippen molar-refractivity contribution in [1.29, 1.82) is 0 Å². The largest absolute Gasteiger partial charge is 0.456 e. The van der Waals surface area contributed by atoms with Gasteiger partial charge in [0.25, 0.3) is 5.56 Å². The molecule has 0 saturated carbocycles. The number of nitrogens with one attached hydrogen (secondary N) is 2. The van der Waals surface area contributed by atoms with Crippen molar-refractivity contribution in [3.05, 3.63) is 69.0 Å². The molecule has 0 aliphatic rings.